The second kappa shape index (κ2) is 9.79. The first-order chi connectivity index (χ1) is 17.6. The van der Waals surface area contributed by atoms with Gasteiger partial charge in [0, 0.05) is 36.9 Å². The lowest BCUT2D eigenvalue weighted by Crippen LogP contribution is -2.47. The van der Waals surface area contributed by atoms with Gasteiger partial charge in [-0.1, -0.05) is 61.8 Å². The molecule has 0 spiro atoms. The standard InChI is InChI=1S/C31H32ClN3O2/c1-31(2)18-25-29(27(36)19-31)30(21-11-15-23(16-12-21)34(3)4)35(26-8-6-5-7-24(26)33-25)28(37)17-20-9-13-22(32)14-10-20/h5-16,29-30H,17-19H2,1-4H3/t29-,30-/m1/s1. The van der Waals surface area contributed by atoms with Gasteiger partial charge in [-0.05, 0) is 59.4 Å². The number of nitrogens with zero attached hydrogens (tertiary/aromatic N) is 3. The lowest BCUT2D eigenvalue weighted by molar-refractivity contribution is -0.124. The van der Waals surface area contributed by atoms with E-state index in [1.165, 1.54) is 0 Å². The summed E-state index contributed by atoms with van der Waals surface area (Å²) >= 11 is 6.09. The number of amides is 1. The fourth-order valence-electron chi connectivity index (χ4n) is 5.58. The third-order valence-corrected chi connectivity index (χ3v) is 7.56. The second-order valence-electron chi connectivity index (χ2n) is 11.1. The molecule has 1 saturated carbocycles. The second-order valence-corrected chi connectivity index (χ2v) is 11.5. The van der Waals surface area contributed by atoms with Crippen molar-refractivity contribution in [2.24, 2.45) is 16.3 Å². The molecule has 2 aliphatic rings. The highest BCUT2D eigenvalue weighted by Crippen LogP contribution is 2.48. The zero-order chi connectivity index (χ0) is 26.3. The van der Waals surface area contributed by atoms with Crippen LogP contribution in [-0.4, -0.2) is 31.5 Å². The number of carbonyl (C=O) groups is 2. The van der Waals surface area contributed by atoms with E-state index in [0.29, 0.717) is 17.9 Å². The third-order valence-electron chi connectivity index (χ3n) is 7.31. The molecule has 1 heterocycles. The van der Waals surface area contributed by atoms with Gasteiger partial charge in [-0.2, -0.15) is 0 Å². The highest BCUT2D eigenvalue weighted by Gasteiger charge is 2.47. The first kappa shape index (κ1) is 25.2. The minimum atomic E-state index is -0.500. The minimum Gasteiger partial charge on any atom is -0.378 e. The first-order valence-electron chi connectivity index (χ1n) is 12.7. The van der Waals surface area contributed by atoms with Crippen LogP contribution in [0.2, 0.25) is 5.02 Å². The van der Waals surface area contributed by atoms with Crippen LogP contribution in [0.25, 0.3) is 0 Å². The van der Waals surface area contributed by atoms with E-state index < -0.39 is 12.0 Å². The van der Waals surface area contributed by atoms with Gasteiger partial charge in [-0.25, -0.2) is 0 Å². The molecule has 2 atom stereocenters. The van der Waals surface area contributed by atoms with Crippen molar-refractivity contribution in [2.75, 3.05) is 23.9 Å². The van der Waals surface area contributed by atoms with E-state index in [9.17, 15) is 9.59 Å². The molecular formula is C31H32ClN3O2. The molecule has 37 heavy (non-hydrogen) atoms. The van der Waals surface area contributed by atoms with Crippen molar-refractivity contribution < 1.29 is 9.59 Å². The number of ketones is 1. The number of para-hydroxylation sites is 2. The smallest absolute Gasteiger partial charge is 0.232 e. The number of aliphatic imine (C=N–C) groups is 1. The molecule has 0 unspecified atom stereocenters. The van der Waals surface area contributed by atoms with Crippen LogP contribution in [0.1, 0.15) is 43.9 Å². The predicted molar refractivity (Wildman–Crippen MR) is 151 cm³/mol. The molecule has 3 aromatic rings. The van der Waals surface area contributed by atoms with Crippen LogP contribution in [0.4, 0.5) is 17.1 Å². The molecule has 0 bridgehead atoms. The minimum absolute atomic E-state index is 0.0782. The van der Waals surface area contributed by atoms with Crippen molar-refractivity contribution >= 4 is 46.1 Å². The fraction of sp³-hybridized carbons (Fsp3) is 0.323. The van der Waals surface area contributed by atoms with E-state index in [2.05, 4.69) is 13.8 Å². The molecular weight excluding hydrogens is 482 g/mol. The third kappa shape index (κ3) is 5.05. The Hall–Kier alpha value is -3.44. The number of hydrogen-bond acceptors (Lipinski definition) is 4. The maximum absolute atomic E-state index is 14.2. The number of anilines is 2. The van der Waals surface area contributed by atoms with Gasteiger partial charge in [0.15, 0.2) is 0 Å². The molecule has 5 rings (SSSR count). The average Bonchev–Trinajstić information content (AvgIpc) is 2.99. The lowest BCUT2D eigenvalue weighted by atomic mass is 9.68. The Morgan fingerprint density at radius 1 is 1.00 bits per heavy atom. The fourth-order valence-corrected chi connectivity index (χ4v) is 5.70. The van der Waals surface area contributed by atoms with E-state index >= 15 is 0 Å². The van der Waals surface area contributed by atoms with Gasteiger partial charge in [0.2, 0.25) is 5.91 Å². The number of hydrogen-bond donors (Lipinski definition) is 0. The quantitative estimate of drug-likeness (QED) is 0.385. The largest absolute Gasteiger partial charge is 0.378 e. The summed E-state index contributed by atoms with van der Waals surface area (Å²) in [5, 5.41) is 0.628. The van der Waals surface area contributed by atoms with Crippen molar-refractivity contribution in [3.05, 3.63) is 88.9 Å². The molecule has 0 aromatic heterocycles. The van der Waals surface area contributed by atoms with Crippen LogP contribution in [0.3, 0.4) is 0 Å². The number of fused-ring (bicyclic) bond motifs is 2. The molecule has 3 aromatic carbocycles. The molecule has 1 aliphatic heterocycles. The number of benzene rings is 3. The van der Waals surface area contributed by atoms with E-state index in [-0.39, 0.29) is 23.5 Å². The number of Topliss-reactive ketones (excluding diaryl/α,β-unsaturated/α-hetero) is 1. The maximum atomic E-state index is 14.2. The molecule has 0 radical (unpaired) electrons. The zero-order valence-corrected chi connectivity index (χ0v) is 22.5. The Morgan fingerprint density at radius 3 is 2.35 bits per heavy atom. The monoisotopic (exact) mass is 513 g/mol. The van der Waals surface area contributed by atoms with Gasteiger partial charge < -0.3 is 9.80 Å². The summed E-state index contributed by atoms with van der Waals surface area (Å²) in [6.07, 6.45) is 1.36. The number of rotatable bonds is 4. The molecule has 1 amide bonds. The van der Waals surface area contributed by atoms with Crippen molar-refractivity contribution in [1.29, 1.82) is 0 Å². The molecule has 0 saturated heterocycles. The Labute approximate surface area is 223 Å². The van der Waals surface area contributed by atoms with Gasteiger partial charge >= 0.3 is 0 Å². The zero-order valence-electron chi connectivity index (χ0n) is 21.7. The summed E-state index contributed by atoms with van der Waals surface area (Å²) in [5.74, 6) is -0.445. The van der Waals surface area contributed by atoms with E-state index in [1.54, 1.807) is 12.1 Å². The molecule has 5 nitrogen and oxygen atoms in total. The van der Waals surface area contributed by atoms with Gasteiger partial charge in [0.25, 0.3) is 0 Å². The van der Waals surface area contributed by atoms with Gasteiger partial charge in [-0.15, -0.1) is 0 Å². The summed E-state index contributed by atoms with van der Waals surface area (Å²) in [6, 6.07) is 22.8. The van der Waals surface area contributed by atoms with Gasteiger partial charge in [0.1, 0.15) is 5.78 Å². The van der Waals surface area contributed by atoms with Crippen LogP contribution < -0.4 is 9.80 Å². The number of halogens is 1. The maximum Gasteiger partial charge on any atom is 0.232 e. The topological polar surface area (TPSA) is 53.0 Å². The Bertz CT molecular complexity index is 1360. The molecule has 1 fully saturated rings. The highest BCUT2D eigenvalue weighted by atomic mass is 35.5. The van der Waals surface area contributed by atoms with Crippen LogP contribution in [0.5, 0.6) is 0 Å². The van der Waals surface area contributed by atoms with Crippen LogP contribution in [0, 0.1) is 11.3 Å². The Kier molecular flexibility index (Phi) is 6.67. The molecule has 6 heteroatoms. The summed E-state index contributed by atoms with van der Waals surface area (Å²) < 4.78 is 0. The molecule has 190 valence electrons. The number of carbonyl (C=O) groups excluding carboxylic acids is 2. The highest BCUT2D eigenvalue weighted by molar-refractivity contribution is 6.30. The van der Waals surface area contributed by atoms with Crippen molar-refractivity contribution in [3.8, 4) is 0 Å². The van der Waals surface area contributed by atoms with E-state index in [0.717, 1.165) is 33.9 Å². The summed E-state index contributed by atoms with van der Waals surface area (Å²) in [6.45, 7) is 4.23. The van der Waals surface area contributed by atoms with Gasteiger partial charge in [0.05, 0.1) is 29.8 Å². The average molecular weight is 514 g/mol. The van der Waals surface area contributed by atoms with Crippen LogP contribution >= 0.6 is 11.6 Å². The lowest BCUT2D eigenvalue weighted by Gasteiger charge is -2.41. The first-order valence-corrected chi connectivity index (χ1v) is 13.0. The molecule has 0 N–H and O–H groups in total. The summed E-state index contributed by atoms with van der Waals surface area (Å²) in [5.41, 5.74) is 5.00. The Balaban J connectivity index is 1.68. The van der Waals surface area contributed by atoms with Crippen LogP contribution in [-0.2, 0) is 16.0 Å². The van der Waals surface area contributed by atoms with Gasteiger partial charge in [-0.3, -0.25) is 14.6 Å². The van der Waals surface area contributed by atoms with Crippen molar-refractivity contribution in [2.45, 2.75) is 39.2 Å². The SMILES string of the molecule is CN(C)c1ccc([C@@H]2[C@H]3C(=O)CC(C)(C)CC3=Nc3ccccc3N2C(=O)Cc2ccc(Cl)cc2)cc1. The normalized spacial score (nSPS) is 20.4. The van der Waals surface area contributed by atoms with Crippen LogP contribution in [0.15, 0.2) is 77.8 Å². The van der Waals surface area contributed by atoms with Crippen molar-refractivity contribution in [3.63, 3.8) is 0 Å². The Morgan fingerprint density at radius 2 is 1.68 bits per heavy atom. The predicted octanol–water partition coefficient (Wildman–Crippen LogP) is 6.81. The summed E-state index contributed by atoms with van der Waals surface area (Å²) in [4.78, 5) is 36.9. The summed E-state index contributed by atoms with van der Waals surface area (Å²) in [7, 11) is 3.99. The van der Waals surface area contributed by atoms with E-state index in [1.807, 2.05) is 84.6 Å². The molecule has 1 aliphatic carbocycles. The van der Waals surface area contributed by atoms with E-state index in [4.69, 9.17) is 16.6 Å². The van der Waals surface area contributed by atoms with Crippen molar-refractivity contribution in [1.82, 2.24) is 0 Å².